The van der Waals surface area contributed by atoms with E-state index >= 15 is 0 Å². The minimum absolute atomic E-state index is 0.167. The molecule has 2 rings (SSSR count). The van der Waals surface area contributed by atoms with E-state index in [2.05, 4.69) is 15.9 Å². The van der Waals surface area contributed by atoms with E-state index in [-0.39, 0.29) is 5.56 Å². The second kappa shape index (κ2) is 5.45. The Labute approximate surface area is 120 Å². The van der Waals surface area contributed by atoms with Crippen molar-refractivity contribution in [2.24, 2.45) is 0 Å². The summed E-state index contributed by atoms with van der Waals surface area (Å²) < 4.78 is 6.65. The summed E-state index contributed by atoms with van der Waals surface area (Å²) in [6, 6.07) is 10.6. The van der Waals surface area contributed by atoms with E-state index in [0.29, 0.717) is 11.5 Å². The van der Waals surface area contributed by atoms with E-state index < -0.39 is 5.97 Å². The van der Waals surface area contributed by atoms with Crippen molar-refractivity contribution in [3.63, 3.8) is 0 Å². The van der Waals surface area contributed by atoms with Crippen molar-refractivity contribution in [1.82, 2.24) is 0 Å². The predicted octanol–water partition coefficient (Wildman–Crippen LogP) is 4.56. The average Bonchev–Trinajstić information content (AvgIpc) is 2.36. The molecule has 4 heteroatoms. The van der Waals surface area contributed by atoms with Crippen LogP contribution in [0.25, 0.3) is 0 Å². The fourth-order valence-electron chi connectivity index (χ4n) is 1.71. The van der Waals surface area contributed by atoms with Crippen LogP contribution in [0.5, 0.6) is 11.5 Å². The summed E-state index contributed by atoms with van der Waals surface area (Å²) in [5.74, 6) is -0.0283. The first kappa shape index (κ1) is 13.6. The third kappa shape index (κ3) is 3.15. The van der Waals surface area contributed by atoms with Crippen molar-refractivity contribution in [2.45, 2.75) is 13.8 Å². The van der Waals surface area contributed by atoms with E-state index in [1.807, 2.05) is 32.0 Å². The summed E-state index contributed by atoms with van der Waals surface area (Å²) in [6.07, 6.45) is 0. The van der Waals surface area contributed by atoms with Gasteiger partial charge in [0.05, 0.1) is 0 Å². The maximum absolute atomic E-state index is 11.2. The van der Waals surface area contributed by atoms with Gasteiger partial charge in [0.25, 0.3) is 0 Å². The van der Waals surface area contributed by atoms with Gasteiger partial charge in [-0.1, -0.05) is 27.6 Å². The Morgan fingerprint density at radius 2 is 1.89 bits per heavy atom. The topological polar surface area (TPSA) is 46.5 Å². The molecule has 0 radical (unpaired) electrons. The first-order valence-corrected chi connectivity index (χ1v) is 6.54. The Hall–Kier alpha value is -1.81. The van der Waals surface area contributed by atoms with Crippen LogP contribution in [0.15, 0.2) is 40.9 Å². The van der Waals surface area contributed by atoms with Crippen molar-refractivity contribution in [3.8, 4) is 11.5 Å². The molecule has 98 valence electrons. The van der Waals surface area contributed by atoms with Crippen molar-refractivity contribution in [2.75, 3.05) is 0 Å². The minimum Gasteiger partial charge on any atom is -0.478 e. The number of hydrogen-bond acceptors (Lipinski definition) is 2. The molecule has 0 unspecified atom stereocenters. The zero-order valence-electron chi connectivity index (χ0n) is 10.6. The molecular formula is C15H13BrO3. The number of rotatable bonds is 3. The van der Waals surface area contributed by atoms with Gasteiger partial charge in [0, 0.05) is 4.47 Å². The maximum atomic E-state index is 11.2. The third-order valence-corrected chi connectivity index (χ3v) is 3.61. The Kier molecular flexibility index (Phi) is 3.90. The second-order valence-electron chi connectivity index (χ2n) is 4.32. The van der Waals surface area contributed by atoms with Crippen LogP contribution in [-0.4, -0.2) is 11.1 Å². The minimum atomic E-state index is -0.993. The molecule has 0 aliphatic heterocycles. The molecule has 0 saturated heterocycles. The zero-order valence-corrected chi connectivity index (χ0v) is 12.2. The SMILES string of the molecule is Cc1ccc(Oc2ccc(Br)c(C)c2)c(C(=O)O)c1. The van der Waals surface area contributed by atoms with Crippen LogP contribution in [0, 0.1) is 13.8 Å². The molecule has 0 aliphatic carbocycles. The highest BCUT2D eigenvalue weighted by Crippen LogP contribution is 2.29. The molecule has 2 aromatic carbocycles. The third-order valence-electron chi connectivity index (χ3n) is 2.72. The van der Waals surface area contributed by atoms with Gasteiger partial charge < -0.3 is 9.84 Å². The Morgan fingerprint density at radius 1 is 1.16 bits per heavy atom. The molecule has 1 N–H and O–H groups in total. The van der Waals surface area contributed by atoms with Crippen molar-refractivity contribution >= 4 is 21.9 Å². The Balaban J connectivity index is 2.37. The van der Waals surface area contributed by atoms with Gasteiger partial charge in [-0.25, -0.2) is 4.79 Å². The highest BCUT2D eigenvalue weighted by atomic mass is 79.9. The lowest BCUT2D eigenvalue weighted by atomic mass is 10.1. The monoisotopic (exact) mass is 320 g/mol. The Morgan fingerprint density at radius 3 is 2.53 bits per heavy atom. The van der Waals surface area contributed by atoms with Crippen LogP contribution in [-0.2, 0) is 0 Å². The van der Waals surface area contributed by atoms with Crippen LogP contribution in [0.3, 0.4) is 0 Å². The lowest BCUT2D eigenvalue weighted by Gasteiger charge is -2.10. The lowest BCUT2D eigenvalue weighted by molar-refractivity contribution is 0.0694. The molecule has 2 aromatic rings. The zero-order chi connectivity index (χ0) is 14.0. The number of carboxylic acids is 1. The molecule has 3 nitrogen and oxygen atoms in total. The van der Waals surface area contributed by atoms with Gasteiger partial charge in [-0.05, 0) is 49.7 Å². The standard InChI is InChI=1S/C15H13BrO3/c1-9-3-6-14(12(7-9)15(17)18)19-11-4-5-13(16)10(2)8-11/h3-8H,1-2H3,(H,17,18). The average molecular weight is 321 g/mol. The Bertz CT molecular complexity index is 635. The van der Waals surface area contributed by atoms with Crippen LogP contribution in [0.4, 0.5) is 0 Å². The largest absolute Gasteiger partial charge is 0.478 e. The van der Waals surface area contributed by atoms with Gasteiger partial charge in [0.1, 0.15) is 17.1 Å². The number of ether oxygens (including phenoxy) is 1. The normalized spacial score (nSPS) is 10.3. The van der Waals surface area contributed by atoms with E-state index in [1.54, 1.807) is 18.2 Å². The van der Waals surface area contributed by atoms with E-state index in [9.17, 15) is 9.90 Å². The smallest absolute Gasteiger partial charge is 0.339 e. The van der Waals surface area contributed by atoms with Gasteiger partial charge >= 0.3 is 5.97 Å². The van der Waals surface area contributed by atoms with Gasteiger partial charge in [-0.15, -0.1) is 0 Å². The van der Waals surface area contributed by atoms with Gasteiger partial charge in [0.2, 0.25) is 0 Å². The summed E-state index contributed by atoms with van der Waals surface area (Å²) in [5.41, 5.74) is 2.08. The number of halogens is 1. The van der Waals surface area contributed by atoms with Gasteiger partial charge in [0.15, 0.2) is 0 Å². The lowest BCUT2D eigenvalue weighted by Crippen LogP contribution is -2.00. The summed E-state index contributed by atoms with van der Waals surface area (Å²) in [5, 5.41) is 9.18. The predicted molar refractivity (Wildman–Crippen MR) is 77.1 cm³/mol. The highest BCUT2D eigenvalue weighted by Gasteiger charge is 2.12. The summed E-state index contributed by atoms with van der Waals surface area (Å²) in [7, 11) is 0. The number of aryl methyl sites for hydroxylation is 2. The first-order chi connectivity index (χ1) is 8.97. The fourth-order valence-corrected chi connectivity index (χ4v) is 1.95. The van der Waals surface area contributed by atoms with E-state index in [0.717, 1.165) is 15.6 Å². The second-order valence-corrected chi connectivity index (χ2v) is 5.17. The number of carbonyl (C=O) groups is 1. The van der Waals surface area contributed by atoms with Gasteiger partial charge in [-0.3, -0.25) is 0 Å². The van der Waals surface area contributed by atoms with E-state index in [1.165, 1.54) is 0 Å². The van der Waals surface area contributed by atoms with Crippen LogP contribution in [0.2, 0.25) is 0 Å². The first-order valence-electron chi connectivity index (χ1n) is 5.75. The molecule has 0 aliphatic rings. The number of aromatic carboxylic acids is 1. The summed E-state index contributed by atoms with van der Waals surface area (Å²) >= 11 is 3.41. The molecule has 0 amide bonds. The maximum Gasteiger partial charge on any atom is 0.339 e. The molecule has 19 heavy (non-hydrogen) atoms. The molecular weight excluding hydrogens is 308 g/mol. The number of hydrogen-bond donors (Lipinski definition) is 1. The molecule has 0 heterocycles. The quantitative estimate of drug-likeness (QED) is 0.902. The fraction of sp³-hybridized carbons (Fsp3) is 0.133. The number of benzene rings is 2. The van der Waals surface area contributed by atoms with Crippen LogP contribution >= 0.6 is 15.9 Å². The summed E-state index contributed by atoms with van der Waals surface area (Å²) in [6.45, 7) is 3.80. The summed E-state index contributed by atoms with van der Waals surface area (Å²) in [4.78, 5) is 11.2. The molecule has 0 spiro atoms. The molecule has 0 saturated carbocycles. The molecule has 0 atom stereocenters. The molecule has 0 bridgehead atoms. The number of carboxylic acid groups (broad SMARTS) is 1. The highest BCUT2D eigenvalue weighted by molar-refractivity contribution is 9.10. The van der Waals surface area contributed by atoms with Crippen molar-refractivity contribution in [1.29, 1.82) is 0 Å². The van der Waals surface area contributed by atoms with Crippen LogP contribution in [0.1, 0.15) is 21.5 Å². The van der Waals surface area contributed by atoms with E-state index in [4.69, 9.17) is 4.74 Å². The van der Waals surface area contributed by atoms with Crippen LogP contribution < -0.4 is 4.74 Å². The van der Waals surface area contributed by atoms with Crippen molar-refractivity contribution in [3.05, 3.63) is 57.6 Å². The molecule has 0 aromatic heterocycles. The van der Waals surface area contributed by atoms with Crippen molar-refractivity contribution < 1.29 is 14.6 Å². The van der Waals surface area contributed by atoms with Gasteiger partial charge in [-0.2, -0.15) is 0 Å². The molecule has 0 fully saturated rings.